The van der Waals surface area contributed by atoms with Crippen molar-refractivity contribution in [3.05, 3.63) is 0 Å². The van der Waals surface area contributed by atoms with Crippen LogP contribution in [-0.4, -0.2) is 48.7 Å². The molecule has 124 valence electrons. The minimum absolute atomic E-state index is 0.0130. The molecule has 2 rings (SSSR count). The average molecular weight is 311 g/mol. The largest absolute Gasteiger partial charge is 0.469 e. The molecule has 0 aliphatic carbocycles. The minimum Gasteiger partial charge on any atom is -0.469 e. The molecule has 22 heavy (non-hydrogen) atoms. The quantitative estimate of drug-likeness (QED) is 0.749. The molecule has 6 nitrogen and oxygen atoms in total. The molecule has 1 N–H and O–H groups in total. The Morgan fingerprint density at radius 2 is 2.27 bits per heavy atom. The zero-order chi connectivity index (χ0) is 16.2. The van der Waals surface area contributed by atoms with E-state index in [0.29, 0.717) is 25.7 Å². The summed E-state index contributed by atoms with van der Waals surface area (Å²) in [6.07, 6.45) is 3.57. The number of carbonyl (C=O) groups is 1. The van der Waals surface area contributed by atoms with Gasteiger partial charge in [0.25, 0.3) is 0 Å². The van der Waals surface area contributed by atoms with Crippen LogP contribution in [-0.2, 0) is 19.0 Å². The summed E-state index contributed by atoms with van der Waals surface area (Å²) in [7, 11) is 1.37. The number of aliphatic hydroxyl groups is 1. The Morgan fingerprint density at radius 1 is 1.50 bits per heavy atom. The van der Waals surface area contributed by atoms with E-state index in [4.69, 9.17) is 14.7 Å². The number of methoxy groups -OCH3 is 1. The fourth-order valence-electron chi connectivity index (χ4n) is 3.47. The van der Waals surface area contributed by atoms with Crippen LogP contribution in [0.25, 0.3) is 0 Å². The molecule has 0 aromatic carbocycles. The molecule has 0 bridgehead atoms. The SMILES string of the molecule is COC(=O)CC[C@H]1CC2(CO)O[C@@H](C[C@@H](C)C#N)CC[C@@H]2O1. The number of fused-ring (bicyclic) bond motifs is 1. The van der Waals surface area contributed by atoms with E-state index in [9.17, 15) is 9.90 Å². The van der Waals surface area contributed by atoms with Gasteiger partial charge in [0.05, 0.1) is 38.1 Å². The Labute approximate surface area is 131 Å². The van der Waals surface area contributed by atoms with Crippen LogP contribution in [0.3, 0.4) is 0 Å². The van der Waals surface area contributed by atoms with Gasteiger partial charge in [-0.05, 0) is 32.6 Å². The number of hydrogen-bond donors (Lipinski definition) is 1. The average Bonchev–Trinajstić information content (AvgIpc) is 2.90. The summed E-state index contributed by atoms with van der Waals surface area (Å²) in [5.74, 6) is -0.312. The van der Waals surface area contributed by atoms with Crippen LogP contribution in [0.1, 0.15) is 45.4 Å². The molecule has 5 atom stereocenters. The van der Waals surface area contributed by atoms with Crippen molar-refractivity contribution in [1.29, 1.82) is 5.26 Å². The minimum atomic E-state index is -0.682. The van der Waals surface area contributed by atoms with E-state index in [1.54, 1.807) is 0 Å². The van der Waals surface area contributed by atoms with Crippen molar-refractivity contribution in [2.75, 3.05) is 13.7 Å². The summed E-state index contributed by atoms with van der Waals surface area (Å²) < 4.78 is 16.8. The van der Waals surface area contributed by atoms with Crippen LogP contribution in [0, 0.1) is 17.2 Å². The topological polar surface area (TPSA) is 88.8 Å². The molecule has 6 heteroatoms. The Balaban J connectivity index is 1.94. The zero-order valence-electron chi connectivity index (χ0n) is 13.3. The number of esters is 1. The van der Waals surface area contributed by atoms with Crippen LogP contribution in [0.5, 0.6) is 0 Å². The second-order valence-electron chi connectivity index (χ2n) is 6.37. The van der Waals surface area contributed by atoms with Gasteiger partial charge in [-0.25, -0.2) is 0 Å². The lowest BCUT2D eigenvalue weighted by Gasteiger charge is -2.41. The van der Waals surface area contributed by atoms with Crippen LogP contribution < -0.4 is 0 Å². The number of carbonyl (C=O) groups excluding carboxylic acids is 1. The predicted octanol–water partition coefficient (Wildman–Crippen LogP) is 1.56. The summed E-state index contributed by atoms with van der Waals surface area (Å²) in [6, 6.07) is 2.23. The van der Waals surface area contributed by atoms with Gasteiger partial charge in [0.15, 0.2) is 0 Å². The monoisotopic (exact) mass is 311 g/mol. The van der Waals surface area contributed by atoms with Gasteiger partial charge < -0.3 is 19.3 Å². The van der Waals surface area contributed by atoms with Gasteiger partial charge in [-0.1, -0.05) is 0 Å². The number of aliphatic hydroxyl groups excluding tert-OH is 1. The first-order chi connectivity index (χ1) is 10.5. The highest BCUT2D eigenvalue weighted by atomic mass is 16.6. The van der Waals surface area contributed by atoms with Crippen molar-refractivity contribution >= 4 is 5.97 Å². The molecule has 0 aromatic rings. The maximum atomic E-state index is 11.2. The second-order valence-corrected chi connectivity index (χ2v) is 6.37. The first kappa shape index (κ1) is 17.2. The fraction of sp³-hybridized carbons (Fsp3) is 0.875. The molecule has 2 aliphatic heterocycles. The third-order valence-electron chi connectivity index (χ3n) is 4.67. The summed E-state index contributed by atoms with van der Waals surface area (Å²) in [6.45, 7) is 1.79. The van der Waals surface area contributed by atoms with E-state index < -0.39 is 5.60 Å². The number of hydrogen-bond acceptors (Lipinski definition) is 6. The van der Waals surface area contributed by atoms with Crippen LogP contribution in [0.2, 0.25) is 0 Å². The Kier molecular flexibility index (Phi) is 5.79. The molecule has 0 amide bonds. The smallest absolute Gasteiger partial charge is 0.305 e. The molecule has 0 saturated carbocycles. The Bertz CT molecular complexity index is 435. The van der Waals surface area contributed by atoms with E-state index in [1.807, 2.05) is 6.92 Å². The predicted molar refractivity (Wildman–Crippen MR) is 77.8 cm³/mol. The fourth-order valence-corrected chi connectivity index (χ4v) is 3.47. The van der Waals surface area contributed by atoms with Crippen LogP contribution >= 0.6 is 0 Å². The molecule has 0 aromatic heterocycles. The van der Waals surface area contributed by atoms with Gasteiger partial charge in [0.1, 0.15) is 5.60 Å². The zero-order valence-corrected chi connectivity index (χ0v) is 13.3. The van der Waals surface area contributed by atoms with Gasteiger partial charge >= 0.3 is 5.97 Å². The van der Waals surface area contributed by atoms with Crippen molar-refractivity contribution in [3.8, 4) is 6.07 Å². The molecular weight excluding hydrogens is 286 g/mol. The molecular formula is C16H25NO5. The molecule has 0 radical (unpaired) electrons. The van der Waals surface area contributed by atoms with E-state index in [1.165, 1.54) is 7.11 Å². The van der Waals surface area contributed by atoms with E-state index in [2.05, 4.69) is 10.8 Å². The summed E-state index contributed by atoms with van der Waals surface area (Å²) >= 11 is 0. The molecule has 0 spiro atoms. The third-order valence-corrected chi connectivity index (χ3v) is 4.67. The van der Waals surface area contributed by atoms with E-state index >= 15 is 0 Å². The molecule has 2 fully saturated rings. The number of ether oxygens (including phenoxy) is 3. The highest BCUT2D eigenvalue weighted by Gasteiger charge is 2.52. The summed E-state index contributed by atoms with van der Waals surface area (Å²) in [5.41, 5.74) is -0.682. The van der Waals surface area contributed by atoms with Crippen molar-refractivity contribution in [3.63, 3.8) is 0 Å². The van der Waals surface area contributed by atoms with E-state index in [-0.39, 0.29) is 36.8 Å². The third kappa shape index (κ3) is 3.78. The standard InChI is InChI=1S/C16H25NO5/c1-11(9-17)7-12-3-5-14-16(10-18,22-12)8-13(21-14)4-6-15(19)20-2/h11-14,18H,3-8,10H2,1-2H3/t11-,12-,13+,14+,16?/m1/s1. The van der Waals surface area contributed by atoms with E-state index in [0.717, 1.165) is 12.8 Å². The summed E-state index contributed by atoms with van der Waals surface area (Å²) in [4.78, 5) is 11.2. The van der Waals surface area contributed by atoms with Crippen LogP contribution in [0.15, 0.2) is 0 Å². The highest BCUT2D eigenvalue weighted by molar-refractivity contribution is 5.69. The lowest BCUT2D eigenvalue weighted by atomic mass is 9.85. The van der Waals surface area contributed by atoms with Crippen LogP contribution in [0.4, 0.5) is 0 Å². The Hall–Kier alpha value is -1.16. The number of nitriles is 1. The lowest BCUT2D eigenvalue weighted by molar-refractivity contribution is -0.185. The van der Waals surface area contributed by atoms with Gasteiger partial charge in [-0.15, -0.1) is 0 Å². The number of rotatable bonds is 6. The Morgan fingerprint density at radius 3 is 2.91 bits per heavy atom. The highest BCUT2D eigenvalue weighted by Crippen LogP contribution is 2.43. The summed E-state index contributed by atoms with van der Waals surface area (Å²) in [5, 5.41) is 18.8. The van der Waals surface area contributed by atoms with Gasteiger partial charge in [0.2, 0.25) is 0 Å². The van der Waals surface area contributed by atoms with Gasteiger partial charge in [-0.3, -0.25) is 4.79 Å². The van der Waals surface area contributed by atoms with Crippen molar-refractivity contribution < 1.29 is 24.1 Å². The lowest BCUT2D eigenvalue weighted by Crippen LogP contribution is -2.51. The van der Waals surface area contributed by atoms with Crippen molar-refractivity contribution in [2.24, 2.45) is 5.92 Å². The first-order valence-corrected chi connectivity index (χ1v) is 7.93. The molecule has 2 saturated heterocycles. The van der Waals surface area contributed by atoms with Crippen molar-refractivity contribution in [2.45, 2.75) is 69.4 Å². The van der Waals surface area contributed by atoms with Gasteiger partial charge in [0, 0.05) is 18.8 Å². The normalized spacial score (nSPS) is 35.5. The first-order valence-electron chi connectivity index (χ1n) is 7.93. The van der Waals surface area contributed by atoms with Gasteiger partial charge in [-0.2, -0.15) is 5.26 Å². The van der Waals surface area contributed by atoms with Crippen molar-refractivity contribution in [1.82, 2.24) is 0 Å². The molecule has 1 unspecified atom stereocenters. The molecule has 2 heterocycles. The second kappa shape index (κ2) is 7.40. The maximum absolute atomic E-state index is 11.2. The molecule has 2 aliphatic rings. The maximum Gasteiger partial charge on any atom is 0.305 e. The number of nitrogens with zero attached hydrogens (tertiary/aromatic N) is 1.